The van der Waals surface area contributed by atoms with Crippen molar-refractivity contribution in [1.29, 1.82) is 0 Å². The molecule has 1 aromatic heterocycles. The number of oxime groups is 1. The zero-order valence-electron chi connectivity index (χ0n) is 8.35. The molecule has 0 fully saturated rings. The minimum absolute atomic E-state index is 0.251. The highest BCUT2D eigenvalue weighted by Gasteiger charge is 2.17. The molecule has 0 aliphatic rings. The fraction of sp³-hybridized carbons (Fsp3) is 0.333. The average molecular weight is 231 g/mol. The Kier molecular flexibility index (Phi) is 4.48. The number of aromatic nitrogens is 1. The quantitative estimate of drug-likeness (QED) is 0.282. The van der Waals surface area contributed by atoms with Gasteiger partial charge in [-0.25, -0.2) is 4.98 Å². The lowest BCUT2D eigenvalue weighted by atomic mass is 10.1. The van der Waals surface area contributed by atoms with Crippen molar-refractivity contribution in [3.05, 3.63) is 28.5 Å². The molecule has 1 heterocycles. The van der Waals surface area contributed by atoms with Crippen LogP contribution in [0.5, 0.6) is 0 Å². The van der Waals surface area contributed by atoms with Crippen LogP contribution < -0.4 is 0 Å². The van der Waals surface area contributed by atoms with Gasteiger partial charge in [-0.15, -0.1) is 0 Å². The number of nitrogens with zero attached hydrogens (tertiary/aromatic N) is 2. The van der Waals surface area contributed by atoms with Gasteiger partial charge in [-0.05, 0) is 6.07 Å². The van der Waals surface area contributed by atoms with Gasteiger partial charge in [0.15, 0.2) is 6.29 Å². The summed E-state index contributed by atoms with van der Waals surface area (Å²) in [6, 6.07) is 1.64. The molecule has 82 valence electrons. The van der Waals surface area contributed by atoms with E-state index in [1.165, 1.54) is 26.6 Å². The van der Waals surface area contributed by atoms with E-state index in [2.05, 4.69) is 10.1 Å². The van der Waals surface area contributed by atoms with Gasteiger partial charge in [-0.1, -0.05) is 16.8 Å². The van der Waals surface area contributed by atoms with E-state index in [0.29, 0.717) is 11.1 Å². The molecular weight excluding hydrogens is 220 g/mol. The third-order valence-corrected chi connectivity index (χ3v) is 2.14. The molecule has 0 atom stereocenters. The summed E-state index contributed by atoms with van der Waals surface area (Å²) in [5.41, 5.74) is 1.12. The monoisotopic (exact) mass is 230 g/mol. The highest BCUT2D eigenvalue weighted by Crippen LogP contribution is 2.26. The van der Waals surface area contributed by atoms with Gasteiger partial charge in [-0.3, -0.25) is 0 Å². The average Bonchev–Trinajstić information content (AvgIpc) is 2.24. The van der Waals surface area contributed by atoms with Crippen LogP contribution in [-0.2, 0) is 9.47 Å². The number of ether oxygens (including phenoxy) is 2. The van der Waals surface area contributed by atoms with Gasteiger partial charge in [-0.2, -0.15) is 0 Å². The zero-order valence-corrected chi connectivity index (χ0v) is 9.10. The van der Waals surface area contributed by atoms with Gasteiger partial charge in [0.1, 0.15) is 5.15 Å². The third-order valence-electron chi connectivity index (χ3n) is 1.84. The van der Waals surface area contributed by atoms with E-state index in [4.69, 9.17) is 26.3 Å². The van der Waals surface area contributed by atoms with Crippen LogP contribution in [0.3, 0.4) is 0 Å². The lowest BCUT2D eigenvalue weighted by molar-refractivity contribution is -0.106. The Labute approximate surface area is 92.3 Å². The highest BCUT2D eigenvalue weighted by molar-refractivity contribution is 6.30. The van der Waals surface area contributed by atoms with Crippen LogP contribution in [0.15, 0.2) is 17.4 Å². The van der Waals surface area contributed by atoms with Crippen molar-refractivity contribution < 1.29 is 14.7 Å². The van der Waals surface area contributed by atoms with Crippen LogP contribution in [0.25, 0.3) is 0 Å². The van der Waals surface area contributed by atoms with Gasteiger partial charge >= 0.3 is 0 Å². The van der Waals surface area contributed by atoms with E-state index >= 15 is 0 Å². The molecule has 0 unspecified atom stereocenters. The molecule has 0 aliphatic carbocycles. The highest BCUT2D eigenvalue weighted by atomic mass is 35.5. The predicted molar refractivity (Wildman–Crippen MR) is 55.4 cm³/mol. The Balaban J connectivity index is 3.22. The molecule has 0 radical (unpaired) electrons. The van der Waals surface area contributed by atoms with Crippen molar-refractivity contribution in [1.82, 2.24) is 4.98 Å². The second-order valence-corrected chi connectivity index (χ2v) is 3.01. The summed E-state index contributed by atoms with van der Waals surface area (Å²) >= 11 is 5.90. The van der Waals surface area contributed by atoms with Crippen molar-refractivity contribution >= 4 is 17.8 Å². The summed E-state index contributed by atoms with van der Waals surface area (Å²) in [6.07, 6.45) is 2.11. The number of pyridine rings is 1. The van der Waals surface area contributed by atoms with E-state index in [1.807, 2.05) is 0 Å². The minimum Gasteiger partial charge on any atom is -0.411 e. The maximum absolute atomic E-state index is 8.49. The van der Waals surface area contributed by atoms with Crippen LogP contribution in [0, 0.1) is 0 Å². The smallest absolute Gasteiger partial charge is 0.186 e. The second kappa shape index (κ2) is 5.65. The Hall–Kier alpha value is -1.17. The van der Waals surface area contributed by atoms with Crippen molar-refractivity contribution in [2.24, 2.45) is 5.16 Å². The molecule has 0 spiro atoms. The molecule has 0 bridgehead atoms. The summed E-state index contributed by atoms with van der Waals surface area (Å²) in [5.74, 6) is 0. The number of rotatable bonds is 4. The molecule has 1 N–H and O–H groups in total. The number of halogens is 1. The number of hydrogen-bond donors (Lipinski definition) is 1. The third kappa shape index (κ3) is 2.65. The van der Waals surface area contributed by atoms with Crippen LogP contribution in [-0.4, -0.2) is 30.6 Å². The first-order chi connectivity index (χ1) is 7.24. The first-order valence-electron chi connectivity index (χ1n) is 4.12. The van der Waals surface area contributed by atoms with Crippen molar-refractivity contribution in [3.63, 3.8) is 0 Å². The Bertz CT molecular complexity index is 353. The molecule has 0 aliphatic heterocycles. The fourth-order valence-corrected chi connectivity index (χ4v) is 1.46. The molecule has 15 heavy (non-hydrogen) atoms. The van der Waals surface area contributed by atoms with E-state index in [9.17, 15) is 0 Å². The SMILES string of the molecule is COC(OC)c1c(/C=N\O)ccnc1Cl. The zero-order chi connectivity index (χ0) is 11.3. The van der Waals surface area contributed by atoms with Gasteiger partial charge in [0.05, 0.1) is 11.8 Å². The van der Waals surface area contributed by atoms with E-state index in [-0.39, 0.29) is 5.15 Å². The lowest BCUT2D eigenvalue weighted by Gasteiger charge is -2.16. The van der Waals surface area contributed by atoms with Gasteiger partial charge in [0, 0.05) is 26.0 Å². The van der Waals surface area contributed by atoms with Gasteiger partial charge in [0.25, 0.3) is 0 Å². The molecule has 6 heteroatoms. The van der Waals surface area contributed by atoms with E-state index in [0.717, 1.165) is 0 Å². The van der Waals surface area contributed by atoms with Crippen LogP contribution in [0.2, 0.25) is 5.15 Å². The molecule has 0 saturated heterocycles. The van der Waals surface area contributed by atoms with Crippen LogP contribution >= 0.6 is 11.6 Å². The Morgan fingerprint density at radius 3 is 2.73 bits per heavy atom. The maximum Gasteiger partial charge on any atom is 0.186 e. The molecule has 0 saturated carbocycles. The number of methoxy groups -OCH3 is 2. The first kappa shape index (κ1) is 11.9. The summed E-state index contributed by atoms with van der Waals surface area (Å²) < 4.78 is 10.1. The molecule has 1 rings (SSSR count). The standard InChI is InChI=1S/C9H11ClN2O3/c1-14-9(15-2)7-6(5-12-13)3-4-11-8(7)10/h3-5,9,13H,1-2H3/b12-5-. The molecule has 0 amide bonds. The van der Waals surface area contributed by atoms with E-state index < -0.39 is 6.29 Å². The van der Waals surface area contributed by atoms with Gasteiger partial charge in [0.2, 0.25) is 0 Å². The topological polar surface area (TPSA) is 63.9 Å². The van der Waals surface area contributed by atoms with Crippen LogP contribution in [0.1, 0.15) is 17.4 Å². The summed E-state index contributed by atoms with van der Waals surface area (Å²) in [7, 11) is 2.97. The summed E-state index contributed by atoms with van der Waals surface area (Å²) in [5, 5.41) is 11.7. The lowest BCUT2D eigenvalue weighted by Crippen LogP contribution is -2.08. The normalized spacial score (nSPS) is 11.5. The number of hydrogen-bond acceptors (Lipinski definition) is 5. The van der Waals surface area contributed by atoms with E-state index in [1.54, 1.807) is 6.07 Å². The molecule has 0 aromatic carbocycles. The molecule has 5 nitrogen and oxygen atoms in total. The Morgan fingerprint density at radius 1 is 1.53 bits per heavy atom. The predicted octanol–water partition coefficient (Wildman–Crippen LogP) is 1.83. The maximum atomic E-state index is 8.49. The van der Waals surface area contributed by atoms with Crippen LogP contribution in [0.4, 0.5) is 0 Å². The molecular formula is C9H11ClN2O3. The van der Waals surface area contributed by atoms with Crippen molar-refractivity contribution in [2.45, 2.75) is 6.29 Å². The summed E-state index contributed by atoms with van der Waals surface area (Å²) in [6.45, 7) is 0. The molecule has 1 aromatic rings. The Morgan fingerprint density at radius 2 is 2.20 bits per heavy atom. The minimum atomic E-state index is -0.640. The second-order valence-electron chi connectivity index (χ2n) is 2.65. The van der Waals surface area contributed by atoms with Gasteiger partial charge < -0.3 is 14.7 Å². The fourth-order valence-electron chi connectivity index (χ4n) is 1.20. The summed E-state index contributed by atoms with van der Waals surface area (Å²) in [4.78, 5) is 3.90. The van der Waals surface area contributed by atoms with Crippen molar-refractivity contribution in [3.8, 4) is 0 Å². The largest absolute Gasteiger partial charge is 0.411 e. The van der Waals surface area contributed by atoms with Crippen molar-refractivity contribution in [2.75, 3.05) is 14.2 Å². The first-order valence-corrected chi connectivity index (χ1v) is 4.49.